The van der Waals surface area contributed by atoms with Crippen LogP contribution in [0, 0.1) is 0 Å². The van der Waals surface area contributed by atoms with E-state index in [1.54, 1.807) is 4.88 Å². The predicted octanol–water partition coefficient (Wildman–Crippen LogP) is 4.67. The fraction of sp³-hybridized carbons (Fsp3) is 0.529. The highest BCUT2D eigenvalue weighted by Crippen LogP contribution is 2.36. The van der Waals surface area contributed by atoms with Gasteiger partial charge in [0.15, 0.2) is 0 Å². The molecule has 0 saturated carbocycles. The number of benzene rings is 1. The molecule has 0 atom stereocenters. The molecule has 2 aromatic rings. The molecule has 1 aliphatic heterocycles. The van der Waals surface area contributed by atoms with E-state index < -0.39 is 0 Å². The molecule has 1 nitrogen and oxygen atoms in total. The number of nitrogens with one attached hydrogen (secondary N) is 1. The molecular formula is C17H23NS. The molecule has 1 saturated heterocycles. The van der Waals surface area contributed by atoms with E-state index >= 15 is 0 Å². The third-order valence-electron chi connectivity index (χ3n) is 4.14. The zero-order valence-electron chi connectivity index (χ0n) is 12.1. The maximum atomic E-state index is 3.45. The molecule has 2 heterocycles. The van der Waals surface area contributed by atoms with Crippen molar-refractivity contribution in [3.63, 3.8) is 0 Å². The van der Waals surface area contributed by atoms with Crippen LogP contribution in [-0.2, 0) is 5.41 Å². The number of rotatable bonds is 1. The second-order valence-corrected chi connectivity index (χ2v) is 7.79. The van der Waals surface area contributed by atoms with Crippen molar-refractivity contribution in [2.24, 2.45) is 0 Å². The van der Waals surface area contributed by atoms with E-state index in [0.717, 1.165) is 5.92 Å². The summed E-state index contributed by atoms with van der Waals surface area (Å²) in [6, 6.07) is 9.43. The fourth-order valence-electron chi connectivity index (χ4n) is 2.84. The van der Waals surface area contributed by atoms with Crippen LogP contribution in [0.15, 0.2) is 24.3 Å². The van der Waals surface area contributed by atoms with Crippen molar-refractivity contribution in [1.82, 2.24) is 5.32 Å². The Morgan fingerprint density at radius 3 is 2.53 bits per heavy atom. The van der Waals surface area contributed by atoms with Crippen molar-refractivity contribution in [3.8, 4) is 0 Å². The Hall–Kier alpha value is -0.860. The van der Waals surface area contributed by atoms with Crippen LogP contribution in [0.1, 0.15) is 50.0 Å². The Kier molecular flexibility index (Phi) is 3.40. The highest BCUT2D eigenvalue weighted by atomic mass is 32.1. The molecule has 1 aliphatic rings. The zero-order chi connectivity index (χ0) is 13.5. The van der Waals surface area contributed by atoms with E-state index in [1.165, 1.54) is 41.6 Å². The van der Waals surface area contributed by atoms with Gasteiger partial charge < -0.3 is 5.32 Å². The first-order valence-electron chi connectivity index (χ1n) is 7.29. The quantitative estimate of drug-likeness (QED) is 0.796. The molecule has 0 bridgehead atoms. The first-order chi connectivity index (χ1) is 9.04. The van der Waals surface area contributed by atoms with E-state index in [1.807, 2.05) is 11.3 Å². The monoisotopic (exact) mass is 273 g/mol. The molecule has 1 fully saturated rings. The van der Waals surface area contributed by atoms with E-state index in [-0.39, 0.29) is 5.41 Å². The van der Waals surface area contributed by atoms with Crippen LogP contribution in [0.4, 0.5) is 0 Å². The Morgan fingerprint density at radius 1 is 1.11 bits per heavy atom. The van der Waals surface area contributed by atoms with Gasteiger partial charge in [0.1, 0.15) is 0 Å². The van der Waals surface area contributed by atoms with Crippen molar-refractivity contribution in [3.05, 3.63) is 34.7 Å². The molecule has 1 N–H and O–H groups in total. The van der Waals surface area contributed by atoms with Crippen LogP contribution in [-0.4, -0.2) is 13.1 Å². The SMILES string of the molecule is CC(C)(C)c1ccc2sc(C3CCNCC3)cc2c1. The lowest BCUT2D eigenvalue weighted by molar-refractivity contribution is 0.465. The largest absolute Gasteiger partial charge is 0.317 e. The molecule has 19 heavy (non-hydrogen) atoms. The number of thiophene rings is 1. The van der Waals surface area contributed by atoms with E-state index in [2.05, 4.69) is 50.4 Å². The van der Waals surface area contributed by atoms with Gasteiger partial charge in [-0.3, -0.25) is 0 Å². The molecule has 1 aromatic carbocycles. The second-order valence-electron chi connectivity index (χ2n) is 6.68. The third kappa shape index (κ3) is 2.70. The van der Waals surface area contributed by atoms with E-state index in [4.69, 9.17) is 0 Å². The van der Waals surface area contributed by atoms with Gasteiger partial charge in [0.25, 0.3) is 0 Å². The Morgan fingerprint density at radius 2 is 1.84 bits per heavy atom. The van der Waals surface area contributed by atoms with Gasteiger partial charge in [-0.1, -0.05) is 26.8 Å². The molecular weight excluding hydrogens is 250 g/mol. The predicted molar refractivity (Wildman–Crippen MR) is 85.4 cm³/mol. The van der Waals surface area contributed by atoms with Crippen molar-refractivity contribution in [2.45, 2.75) is 44.9 Å². The summed E-state index contributed by atoms with van der Waals surface area (Å²) in [4.78, 5) is 1.59. The summed E-state index contributed by atoms with van der Waals surface area (Å²) in [6.45, 7) is 9.20. The van der Waals surface area contributed by atoms with Crippen LogP contribution in [0.25, 0.3) is 10.1 Å². The van der Waals surface area contributed by atoms with E-state index in [9.17, 15) is 0 Å². The minimum atomic E-state index is 0.241. The van der Waals surface area contributed by atoms with Crippen LogP contribution < -0.4 is 5.32 Å². The topological polar surface area (TPSA) is 12.0 Å². The summed E-state index contributed by atoms with van der Waals surface area (Å²) in [7, 11) is 0. The minimum Gasteiger partial charge on any atom is -0.317 e. The summed E-state index contributed by atoms with van der Waals surface area (Å²) in [5.41, 5.74) is 1.68. The molecule has 1 aromatic heterocycles. The van der Waals surface area contributed by atoms with Gasteiger partial charge in [-0.05, 0) is 66.4 Å². The van der Waals surface area contributed by atoms with Gasteiger partial charge in [-0.15, -0.1) is 11.3 Å². The van der Waals surface area contributed by atoms with Crippen LogP contribution in [0.3, 0.4) is 0 Å². The van der Waals surface area contributed by atoms with Gasteiger partial charge >= 0.3 is 0 Å². The summed E-state index contributed by atoms with van der Waals surface area (Å²) in [5.74, 6) is 0.775. The van der Waals surface area contributed by atoms with Gasteiger partial charge in [0.05, 0.1) is 0 Å². The standard InChI is InChI=1S/C17H23NS/c1-17(2,3)14-4-5-15-13(10-14)11-16(19-15)12-6-8-18-9-7-12/h4-5,10-12,18H,6-9H2,1-3H3. The smallest absolute Gasteiger partial charge is 0.0345 e. The fourth-order valence-corrected chi connectivity index (χ4v) is 4.05. The average molecular weight is 273 g/mol. The van der Waals surface area contributed by atoms with Crippen LogP contribution in [0.2, 0.25) is 0 Å². The maximum Gasteiger partial charge on any atom is 0.0345 e. The maximum absolute atomic E-state index is 3.45. The van der Waals surface area contributed by atoms with Gasteiger partial charge in [-0.2, -0.15) is 0 Å². The molecule has 0 spiro atoms. The molecule has 0 amide bonds. The highest BCUT2D eigenvalue weighted by molar-refractivity contribution is 7.19. The minimum absolute atomic E-state index is 0.241. The number of fused-ring (bicyclic) bond motifs is 1. The zero-order valence-corrected chi connectivity index (χ0v) is 12.9. The molecule has 0 unspecified atom stereocenters. The van der Waals surface area contributed by atoms with Gasteiger partial charge in [0, 0.05) is 9.58 Å². The molecule has 3 rings (SSSR count). The summed E-state index contributed by atoms with van der Waals surface area (Å²) < 4.78 is 1.45. The van der Waals surface area contributed by atoms with Crippen molar-refractivity contribution in [1.29, 1.82) is 0 Å². The highest BCUT2D eigenvalue weighted by Gasteiger charge is 2.19. The summed E-state index contributed by atoms with van der Waals surface area (Å²) >= 11 is 2.00. The normalized spacial score (nSPS) is 18.1. The lowest BCUT2D eigenvalue weighted by Crippen LogP contribution is -2.26. The number of hydrogen-bond donors (Lipinski definition) is 1. The second kappa shape index (κ2) is 4.92. The summed E-state index contributed by atoms with van der Waals surface area (Å²) in [6.07, 6.45) is 2.58. The van der Waals surface area contributed by atoms with Crippen molar-refractivity contribution < 1.29 is 0 Å². The molecule has 0 radical (unpaired) electrons. The molecule has 0 aliphatic carbocycles. The van der Waals surface area contributed by atoms with Crippen LogP contribution >= 0.6 is 11.3 Å². The Labute approximate surface area is 120 Å². The lowest BCUT2D eigenvalue weighted by Gasteiger charge is -2.21. The first kappa shape index (κ1) is 13.1. The molecule has 2 heteroatoms. The van der Waals surface area contributed by atoms with Crippen LogP contribution in [0.5, 0.6) is 0 Å². The Bertz CT molecular complexity index is 570. The number of hydrogen-bond acceptors (Lipinski definition) is 2. The van der Waals surface area contributed by atoms with E-state index in [0.29, 0.717) is 0 Å². The Balaban J connectivity index is 1.96. The molecule has 102 valence electrons. The average Bonchev–Trinajstić information content (AvgIpc) is 2.81. The van der Waals surface area contributed by atoms with Gasteiger partial charge in [0.2, 0.25) is 0 Å². The first-order valence-corrected chi connectivity index (χ1v) is 8.10. The van der Waals surface area contributed by atoms with Crippen molar-refractivity contribution in [2.75, 3.05) is 13.1 Å². The number of piperidine rings is 1. The lowest BCUT2D eigenvalue weighted by atomic mass is 9.86. The third-order valence-corrected chi connectivity index (χ3v) is 5.42. The van der Waals surface area contributed by atoms with Gasteiger partial charge in [-0.25, -0.2) is 0 Å². The van der Waals surface area contributed by atoms with Crippen molar-refractivity contribution >= 4 is 21.4 Å². The summed E-state index contributed by atoms with van der Waals surface area (Å²) in [5, 5.41) is 4.89.